The van der Waals surface area contributed by atoms with Crippen LogP contribution in [-0.4, -0.2) is 40.7 Å². The molecule has 6 heteroatoms. The first-order valence-corrected chi connectivity index (χ1v) is 6.67. The normalized spacial score (nSPS) is 16.0. The summed E-state index contributed by atoms with van der Waals surface area (Å²) in [6.45, 7) is 2.17. The van der Waals surface area contributed by atoms with E-state index < -0.39 is 6.10 Å². The number of aryl methyl sites for hydroxylation is 1. The van der Waals surface area contributed by atoms with Crippen LogP contribution in [0.4, 0.5) is 10.5 Å². The van der Waals surface area contributed by atoms with Crippen molar-refractivity contribution in [1.82, 2.24) is 9.88 Å². The van der Waals surface area contributed by atoms with Crippen molar-refractivity contribution in [2.45, 2.75) is 25.9 Å². The standard InChI is InChI=1S/C13H18ClN3O2/c1-8-5-10(6-15-12(8)14)16-13(19)17(2)7-11(18)9-3-4-9/h5-6,9,11,18H,3-4,7H2,1-2H3,(H,16,19). The molecule has 2 rings (SSSR count). The zero-order valence-corrected chi connectivity index (χ0v) is 11.8. The minimum absolute atomic E-state index is 0.261. The third kappa shape index (κ3) is 3.81. The maximum absolute atomic E-state index is 11.9. The van der Waals surface area contributed by atoms with Crippen molar-refractivity contribution in [3.05, 3.63) is 23.0 Å². The first-order valence-electron chi connectivity index (χ1n) is 6.29. The lowest BCUT2D eigenvalue weighted by atomic mass is 10.2. The average molecular weight is 284 g/mol. The molecule has 1 aliphatic rings. The number of carbonyl (C=O) groups is 1. The number of pyridine rings is 1. The number of nitrogens with zero attached hydrogens (tertiary/aromatic N) is 2. The lowest BCUT2D eigenvalue weighted by molar-refractivity contribution is 0.117. The number of aliphatic hydroxyl groups is 1. The maximum atomic E-state index is 11.9. The molecule has 0 radical (unpaired) electrons. The number of nitrogens with one attached hydrogen (secondary N) is 1. The van der Waals surface area contributed by atoms with Gasteiger partial charge in [0.25, 0.3) is 0 Å². The van der Waals surface area contributed by atoms with Crippen molar-refractivity contribution in [3.8, 4) is 0 Å². The molecule has 1 heterocycles. The van der Waals surface area contributed by atoms with Crippen LogP contribution in [0.1, 0.15) is 18.4 Å². The largest absolute Gasteiger partial charge is 0.391 e. The first kappa shape index (κ1) is 14.1. The van der Waals surface area contributed by atoms with Gasteiger partial charge in [-0.1, -0.05) is 11.6 Å². The third-order valence-corrected chi connectivity index (χ3v) is 3.64. The number of rotatable bonds is 4. The number of amides is 2. The number of anilines is 1. The van der Waals surface area contributed by atoms with Crippen molar-refractivity contribution < 1.29 is 9.90 Å². The van der Waals surface area contributed by atoms with E-state index in [0.29, 0.717) is 23.3 Å². The lowest BCUT2D eigenvalue weighted by Crippen LogP contribution is -2.38. The highest BCUT2D eigenvalue weighted by Crippen LogP contribution is 2.32. The van der Waals surface area contributed by atoms with E-state index in [2.05, 4.69) is 10.3 Å². The van der Waals surface area contributed by atoms with Gasteiger partial charge >= 0.3 is 6.03 Å². The molecular formula is C13H18ClN3O2. The molecule has 5 nitrogen and oxygen atoms in total. The summed E-state index contributed by atoms with van der Waals surface area (Å²) >= 11 is 5.82. The molecule has 0 bridgehead atoms. The average Bonchev–Trinajstić information content (AvgIpc) is 3.17. The lowest BCUT2D eigenvalue weighted by Gasteiger charge is -2.21. The van der Waals surface area contributed by atoms with Gasteiger partial charge in [0.15, 0.2) is 0 Å². The van der Waals surface area contributed by atoms with E-state index in [1.165, 1.54) is 11.1 Å². The summed E-state index contributed by atoms with van der Waals surface area (Å²) in [5, 5.41) is 13.0. The highest BCUT2D eigenvalue weighted by Gasteiger charge is 2.31. The molecule has 0 saturated heterocycles. The van der Waals surface area contributed by atoms with E-state index in [1.54, 1.807) is 13.1 Å². The molecule has 2 N–H and O–H groups in total. The number of hydrogen-bond acceptors (Lipinski definition) is 3. The van der Waals surface area contributed by atoms with E-state index in [4.69, 9.17) is 11.6 Å². The van der Waals surface area contributed by atoms with Gasteiger partial charge < -0.3 is 15.3 Å². The second-order valence-corrected chi connectivity index (χ2v) is 5.41. The fourth-order valence-corrected chi connectivity index (χ4v) is 1.94. The van der Waals surface area contributed by atoms with Gasteiger partial charge in [-0.05, 0) is 37.3 Å². The van der Waals surface area contributed by atoms with Crippen LogP contribution in [0, 0.1) is 12.8 Å². The molecular weight excluding hydrogens is 266 g/mol. The van der Waals surface area contributed by atoms with Crippen LogP contribution in [0.25, 0.3) is 0 Å². The van der Waals surface area contributed by atoms with E-state index in [1.807, 2.05) is 6.92 Å². The minimum Gasteiger partial charge on any atom is -0.391 e. The Morgan fingerprint density at radius 3 is 2.95 bits per heavy atom. The molecule has 0 aromatic carbocycles. The minimum atomic E-state index is -0.430. The van der Waals surface area contributed by atoms with Gasteiger partial charge in [-0.3, -0.25) is 0 Å². The van der Waals surface area contributed by atoms with Gasteiger partial charge in [0.2, 0.25) is 0 Å². The van der Waals surface area contributed by atoms with Gasteiger partial charge in [-0.2, -0.15) is 0 Å². The van der Waals surface area contributed by atoms with Crippen LogP contribution in [0.5, 0.6) is 0 Å². The number of halogens is 1. The van der Waals surface area contributed by atoms with Crippen molar-refractivity contribution in [2.24, 2.45) is 5.92 Å². The van der Waals surface area contributed by atoms with Crippen molar-refractivity contribution in [1.29, 1.82) is 0 Å². The molecule has 1 aromatic heterocycles. The van der Waals surface area contributed by atoms with Crippen LogP contribution in [0.3, 0.4) is 0 Å². The highest BCUT2D eigenvalue weighted by atomic mass is 35.5. The highest BCUT2D eigenvalue weighted by molar-refractivity contribution is 6.30. The molecule has 0 aliphatic heterocycles. The molecule has 1 unspecified atom stereocenters. The molecule has 2 amide bonds. The topological polar surface area (TPSA) is 65.5 Å². The zero-order valence-electron chi connectivity index (χ0n) is 11.1. The Bertz CT molecular complexity index is 477. The molecule has 1 aliphatic carbocycles. The molecule has 1 saturated carbocycles. The quantitative estimate of drug-likeness (QED) is 0.833. The summed E-state index contributed by atoms with van der Waals surface area (Å²) in [5.74, 6) is 0.356. The van der Waals surface area contributed by atoms with Gasteiger partial charge in [0.05, 0.1) is 18.0 Å². The number of aromatic nitrogens is 1. The number of carbonyl (C=O) groups excluding carboxylic acids is 1. The molecule has 1 atom stereocenters. The fraction of sp³-hybridized carbons (Fsp3) is 0.538. The van der Waals surface area contributed by atoms with Crippen LogP contribution in [0.2, 0.25) is 5.15 Å². The van der Waals surface area contributed by atoms with Crippen molar-refractivity contribution in [3.63, 3.8) is 0 Å². The fourth-order valence-electron chi connectivity index (χ4n) is 1.84. The summed E-state index contributed by atoms with van der Waals surface area (Å²) in [5.41, 5.74) is 1.40. The maximum Gasteiger partial charge on any atom is 0.321 e. The summed E-state index contributed by atoms with van der Waals surface area (Å²) in [6, 6.07) is 1.50. The Morgan fingerprint density at radius 2 is 2.37 bits per heavy atom. The number of aliphatic hydroxyl groups excluding tert-OH is 1. The Kier molecular flexibility index (Phi) is 4.27. The summed E-state index contributed by atoms with van der Waals surface area (Å²) in [7, 11) is 1.66. The van der Waals surface area contributed by atoms with Crippen LogP contribution < -0.4 is 5.32 Å². The zero-order chi connectivity index (χ0) is 14.0. The van der Waals surface area contributed by atoms with Crippen LogP contribution in [-0.2, 0) is 0 Å². The number of urea groups is 1. The summed E-state index contributed by atoms with van der Waals surface area (Å²) in [6.07, 6.45) is 3.19. The van der Waals surface area contributed by atoms with E-state index >= 15 is 0 Å². The molecule has 0 spiro atoms. The van der Waals surface area contributed by atoms with Crippen molar-refractivity contribution >= 4 is 23.3 Å². The van der Waals surface area contributed by atoms with E-state index in [0.717, 1.165) is 18.4 Å². The second kappa shape index (κ2) is 5.75. The van der Waals surface area contributed by atoms with Crippen molar-refractivity contribution in [2.75, 3.05) is 18.9 Å². The number of likely N-dealkylation sites (N-methyl/N-ethyl adjacent to an activating group) is 1. The molecule has 104 valence electrons. The smallest absolute Gasteiger partial charge is 0.321 e. The Labute approximate surface area is 117 Å². The summed E-state index contributed by atoms with van der Waals surface area (Å²) < 4.78 is 0. The predicted molar refractivity (Wildman–Crippen MR) is 74.4 cm³/mol. The molecule has 1 fully saturated rings. The Hall–Kier alpha value is -1.33. The Morgan fingerprint density at radius 1 is 1.68 bits per heavy atom. The Balaban J connectivity index is 1.90. The monoisotopic (exact) mass is 283 g/mol. The third-order valence-electron chi connectivity index (χ3n) is 3.24. The second-order valence-electron chi connectivity index (χ2n) is 5.05. The van der Waals surface area contributed by atoms with Crippen LogP contribution >= 0.6 is 11.6 Å². The summed E-state index contributed by atoms with van der Waals surface area (Å²) in [4.78, 5) is 17.4. The van der Waals surface area contributed by atoms with Gasteiger partial charge in [0.1, 0.15) is 5.15 Å². The van der Waals surface area contributed by atoms with Gasteiger partial charge in [-0.15, -0.1) is 0 Å². The number of hydrogen-bond donors (Lipinski definition) is 2. The molecule has 1 aromatic rings. The first-order chi connectivity index (χ1) is 8.97. The predicted octanol–water partition coefficient (Wildman–Crippen LogP) is 2.28. The van der Waals surface area contributed by atoms with Gasteiger partial charge in [-0.25, -0.2) is 9.78 Å². The SMILES string of the molecule is Cc1cc(NC(=O)N(C)CC(O)C2CC2)cnc1Cl. The van der Waals surface area contributed by atoms with Gasteiger partial charge in [0, 0.05) is 13.6 Å². The van der Waals surface area contributed by atoms with E-state index in [9.17, 15) is 9.90 Å². The molecule has 19 heavy (non-hydrogen) atoms. The van der Waals surface area contributed by atoms with E-state index in [-0.39, 0.29) is 6.03 Å². The van der Waals surface area contributed by atoms with Crippen LogP contribution in [0.15, 0.2) is 12.3 Å².